The van der Waals surface area contributed by atoms with E-state index in [9.17, 15) is 4.79 Å². The minimum absolute atomic E-state index is 0.258. The molecule has 0 N–H and O–H groups in total. The molecule has 0 radical (unpaired) electrons. The molecule has 0 aliphatic carbocycles. The van der Waals surface area contributed by atoms with Crippen molar-refractivity contribution in [3.8, 4) is 0 Å². The van der Waals surface area contributed by atoms with Gasteiger partial charge in [0.15, 0.2) is 0 Å². The predicted molar refractivity (Wildman–Crippen MR) is 53.9 cm³/mol. The topological polar surface area (TPSA) is 35.5 Å². The van der Waals surface area contributed by atoms with Gasteiger partial charge in [-0.15, -0.1) is 0 Å². The SMILES string of the molecule is COCc1ccc(C(=O)OC)[c]([Tl])c1. The van der Waals surface area contributed by atoms with Gasteiger partial charge in [-0.1, -0.05) is 0 Å². The van der Waals surface area contributed by atoms with Gasteiger partial charge in [-0.25, -0.2) is 0 Å². The van der Waals surface area contributed by atoms with Gasteiger partial charge in [0.2, 0.25) is 0 Å². The van der Waals surface area contributed by atoms with Gasteiger partial charge < -0.3 is 0 Å². The van der Waals surface area contributed by atoms with Crippen LogP contribution in [0.2, 0.25) is 0 Å². The molecule has 72 valence electrons. The van der Waals surface area contributed by atoms with Crippen LogP contribution in [0, 0.1) is 0 Å². The summed E-state index contributed by atoms with van der Waals surface area (Å²) in [7, 11) is 3.05. The van der Waals surface area contributed by atoms with Gasteiger partial charge in [-0.05, 0) is 0 Å². The molecule has 0 heterocycles. The third-order valence-corrected chi connectivity index (χ3v) is 3.69. The molecule has 0 saturated carbocycles. The number of carbonyl (C=O) groups excluding carboxylic acids is 1. The van der Waals surface area contributed by atoms with Gasteiger partial charge in [0.05, 0.1) is 0 Å². The zero-order valence-electron chi connectivity index (χ0n) is 8.24. The van der Waals surface area contributed by atoms with Gasteiger partial charge in [0, 0.05) is 0 Å². The van der Waals surface area contributed by atoms with Crippen LogP contribution < -0.4 is 3.12 Å². The Labute approximate surface area is 99.1 Å². The van der Waals surface area contributed by atoms with E-state index in [1.54, 1.807) is 13.2 Å². The number of hydrogen-bond acceptors (Lipinski definition) is 3. The number of carbonyl (C=O) groups is 1. The third-order valence-electron chi connectivity index (χ3n) is 1.83. The van der Waals surface area contributed by atoms with Crippen LogP contribution in [0.3, 0.4) is 0 Å². The minimum atomic E-state index is -0.258. The monoisotopic (exact) mass is 384 g/mol. The van der Waals surface area contributed by atoms with Crippen LogP contribution in [0.1, 0.15) is 15.9 Å². The molecule has 1 rings (SSSR count). The summed E-state index contributed by atoms with van der Waals surface area (Å²) in [6.07, 6.45) is 0. The quantitative estimate of drug-likeness (QED) is 0.560. The molecule has 0 aliphatic heterocycles. The Hall–Kier alpha value is -0.428. The van der Waals surface area contributed by atoms with E-state index in [0.717, 1.165) is 8.69 Å². The van der Waals surface area contributed by atoms with Gasteiger partial charge in [-0.2, -0.15) is 0 Å². The standard InChI is InChI=1S/C10H11O3.Tl/c1-12-7-8-3-5-9(6-4-8)10(11)13-2;/h3-5H,7H2,1-2H3;. The fourth-order valence-electron chi connectivity index (χ4n) is 1.16. The van der Waals surface area contributed by atoms with Gasteiger partial charge in [0.25, 0.3) is 0 Å². The van der Waals surface area contributed by atoms with E-state index in [0.29, 0.717) is 37.9 Å². The van der Waals surface area contributed by atoms with Crippen LogP contribution in [-0.2, 0) is 16.1 Å². The summed E-state index contributed by atoms with van der Waals surface area (Å²) >= 11 is 0.617. The van der Waals surface area contributed by atoms with E-state index >= 15 is 0 Å². The van der Waals surface area contributed by atoms with Crippen LogP contribution in [0.5, 0.6) is 0 Å². The molecular weight excluding hydrogens is 372 g/mol. The van der Waals surface area contributed by atoms with Crippen molar-refractivity contribution >= 4 is 34.9 Å². The van der Waals surface area contributed by atoms with Crippen molar-refractivity contribution in [3.63, 3.8) is 0 Å². The Morgan fingerprint density at radius 1 is 1.43 bits per heavy atom. The molecule has 0 aliphatic rings. The first-order chi connectivity index (χ1) is 6.69. The fourth-order valence-corrected chi connectivity index (χ4v) is 2.83. The Balaban J connectivity index is 2.95. The molecular formula is C10H11O3Tl. The first-order valence-corrected chi connectivity index (χ1v) is 6.39. The third kappa shape index (κ3) is 2.78. The molecule has 0 unspecified atom stereocenters. The van der Waals surface area contributed by atoms with Gasteiger partial charge >= 0.3 is 99.3 Å². The average Bonchev–Trinajstić information content (AvgIpc) is 2.17. The Morgan fingerprint density at radius 2 is 2.14 bits per heavy atom. The van der Waals surface area contributed by atoms with Crippen molar-refractivity contribution in [1.29, 1.82) is 0 Å². The summed E-state index contributed by atoms with van der Waals surface area (Å²) in [6, 6.07) is 5.69. The summed E-state index contributed by atoms with van der Waals surface area (Å²) in [5.41, 5.74) is 1.77. The van der Waals surface area contributed by atoms with E-state index in [-0.39, 0.29) is 5.97 Å². The van der Waals surface area contributed by atoms with Crippen LogP contribution in [0.4, 0.5) is 0 Å². The number of methoxy groups -OCH3 is 2. The first-order valence-electron chi connectivity index (χ1n) is 4.14. The van der Waals surface area contributed by atoms with E-state index in [4.69, 9.17) is 4.74 Å². The number of benzene rings is 1. The zero-order chi connectivity index (χ0) is 10.6. The average molecular weight is 384 g/mol. The molecule has 1 aromatic carbocycles. The van der Waals surface area contributed by atoms with E-state index in [1.807, 2.05) is 12.1 Å². The predicted octanol–water partition coefficient (Wildman–Crippen LogP) is 0.413. The summed E-state index contributed by atoms with van der Waals surface area (Å²) in [5.74, 6) is -0.258. The summed E-state index contributed by atoms with van der Waals surface area (Å²) in [5, 5.41) is 0. The van der Waals surface area contributed by atoms with Gasteiger partial charge in [-0.3, -0.25) is 0 Å². The maximum absolute atomic E-state index is 11.3. The molecule has 0 fully saturated rings. The van der Waals surface area contributed by atoms with Crippen LogP contribution in [0.15, 0.2) is 18.2 Å². The van der Waals surface area contributed by atoms with Crippen LogP contribution >= 0.6 is 0 Å². The van der Waals surface area contributed by atoms with Crippen molar-refractivity contribution in [2.24, 2.45) is 0 Å². The molecule has 0 bridgehead atoms. The summed E-state index contributed by atoms with van der Waals surface area (Å²) in [4.78, 5) is 11.3. The number of esters is 1. The molecule has 0 saturated heterocycles. The van der Waals surface area contributed by atoms with Crippen molar-refractivity contribution in [2.75, 3.05) is 14.2 Å². The van der Waals surface area contributed by atoms with Crippen molar-refractivity contribution in [2.45, 2.75) is 6.61 Å². The molecule has 0 aromatic heterocycles. The van der Waals surface area contributed by atoms with E-state index in [2.05, 4.69) is 4.74 Å². The second kappa shape index (κ2) is 5.45. The number of ether oxygens (including phenoxy) is 2. The molecule has 3 nitrogen and oxygen atoms in total. The molecule has 14 heavy (non-hydrogen) atoms. The molecule has 4 heteroatoms. The summed E-state index contributed by atoms with van der Waals surface area (Å²) < 4.78 is 10.8. The Kier molecular flexibility index (Phi) is 4.54. The maximum atomic E-state index is 11.3. The van der Waals surface area contributed by atoms with Crippen molar-refractivity contribution < 1.29 is 14.3 Å². The van der Waals surface area contributed by atoms with E-state index in [1.165, 1.54) is 7.11 Å². The first kappa shape index (κ1) is 11.6. The molecule has 1 aromatic rings. The normalized spacial score (nSPS) is 9.79. The van der Waals surface area contributed by atoms with Crippen LogP contribution in [0.25, 0.3) is 0 Å². The Morgan fingerprint density at radius 3 is 2.64 bits per heavy atom. The van der Waals surface area contributed by atoms with Gasteiger partial charge in [0.1, 0.15) is 0 Å². The zero-order valence-corrected chi connectivity index (χ0v) is 12.7. The molecule has 0 atom stereocenters. The number of hydrogen-bond donors (Lipinski definition) is 0. The van der Waals surface area contributed by atoms with Crippen molar-refractivity contribution in [3.05, 3.63) is 29.3 Å². The summed E-state index contributed by atoms with van der Waals surface area (Å²) in [6.45, 7) is 0.584. The van der Waals surface area contributed by atoms with Crippen LogP contribution in [-0.4, -0.2) is 46.0 Å². The second-order valence-electron chi connectivity index (χ2n) is 2.85. The number of rotatable bonds is 3. The Bertz CT molecular complexity index is 336. The van der Waals surface area contributed by atoms with Crippen molar-refractivity contribution in [1.82, 2.24) is 0 Å². The molecule has 0 amide bonds. The second-order valence-corrected chi connectivity index (χ2v) is 5.26. The molecule has 0 spiro atoms. The van der Waals surface area contributed by atoms with E-state index < -0.39 is 0 Å². The fraction of sp³-hybridized carbons (Fsp3) is 0.300.